The highest BCUT2D eigenvalue weighted by Crippen LogP contribution is 2.21. The fourth-order valence-corrected chi connectivity index (χ4v) is 2.92. The Hall–Kier alpha value is -3.34. The molecule has 0 heterocycles. The molecule has 2 amide bonds. The Morgan fingerprint density at radius 3 is 2.36 bits per heavy atom. The molecule has 0 saturated carbocycles. The Bertz CT molecular complexity index is 1030. The molecular formula is C23H24N2O3. The van der Waals surface area contributed by atoms with Gasteiger partial charge in [0.2, 0.25) is 5.91 Å². The molecule has 28 heavy (non-hydrogen) atoms. The van der Waals surface area contributed by atoms with Crippen molar-refractivity contribution in [1.82, 2.24) is 10.6 Å². The van der Waals surface area contributed by atoms with Crippen LogP contribution in [-0.2, 0) is 11.3 Å². The van der Waals surface area contributed by atoms with Crippen molar-refractivity contribution in [1.29, 1.82) is 0 Å². The van der Waals surface area contributed by atoms with Crippen LogP contribution >= 0.6 is 0 Å². The summed E-state index contributed by atoms with van der Waals surface area (Å²) in [6.07, 6.45) is 0. The molecule has 0 radical (unpaired) electrons. The minimum Gasteiger partial charge on any atom is -0.497 e. The normalized spacial score (nSPS) is 10.5. The highest BCUT2D eigenvalue weighted by Gasteiger charge is 2.09. The molecule has 5 nitrogen and oxygen atoms in total. The van der Waals surface area contributed by atoms with Crippen molar-refractivity contribution in [3.05, 3.63) is 76.9 Å². The highest BCUT2D eigenvalue weighted by atomic mass is 16.5. The van der Waals surface area contributed by atoms with Gasteiger partial charge in [-0.1, -0.05) is 24.3 Å². The molecule has 3 aromatic carbocycles. The van der Waals surface area contributed by atoms with E-state index in [-0.39, 0.29) is 18.4 Å². The van der Waals surface area contributed by atoms with Gasteiger partial charge in [0.25, 0.3) is 5.91 Å². The van der Waals surface area contributed by atoms with E-state index in [2.05, 4.69) is 10.6 Å². The van der Waals surface area contributed by atoms with Crippen molar-refractivity contribution in [3.63, 3.8) is 0 Å². The molecule has 0 aromatic heterocycles. The molecule has 0 saturated heterocycles. The standard InChI is InChI=1S/C23H24N2O3/c1-15-4-6-20(10-16(15)2)23(27)25-14-22(26)24-13-17-5-7-19-12-21(28-3)9-8-18(19)11-17/h4-12H,13-14H2,1-3H3,(H,24,26)(H,25,27). The first-order chi connectivity index (χ1) is 13.5. The van der Waals surface area contributed by atoms with Gasteiger partial charge in [-0.05, 0) is 71.6 Å². The molecule has 5 heteroatoms. The van der Waals surface area contributed by atoms with E-state index in [1.54, 1.807) is 13.2 Å². The monoisotopic (exact) mass is 376 g/mol. The van der Waals surface area contributed by atoms with Gasteiger partial charge in [-0.3, -0.25) is 9.59 Å². The van der Waals surface area contributed by atoms with Crippen LogP contribution in [0.4, 0.5) is 0 Å². The predicted octanol–water partition coefficient (Wildman–Crippen LogP) is 3.51. The summed E-state index contributed by atoms with van der Waals surface area (Å²) in [6, 6.07) is 17.4. The van der Waals surface area contributed by atoms with Gasteiger partial charge < -0.3 is 15.4 Å². The predicted molar refractivity (Wildman–Crippen MR) is 111 cm³/mol. The van der Waals surface area contributed by atoms with E-state index in [0.29, 0.717) is 12.1 Å². The van der Waals surface area contributed by atoms with Crippen LogP contribution in [0.2, 0.25) is 0 Å². The van der Waals surface area contributed by atoms with Gasteiger partial charge in [-0.2, -0.15) is 0 Å². The first-order valence-electron chi connectivity index (χ1n) is 9.15. The second-order valence-electron chi connectivity index (χ2n) is 6.81. The van der Waals surface area contributed by atoms with Crippen LogP contribution in [0.25, 0.3) is 10.8 Å². The molecule has 3 aromatic rings. The third kappa shape index (κ3) is 4.68. The Kier molecular flexibility index (Phi) is 5.94. The van der Waals surface area contributed by atoms with Crippen LogP contribution in [0.1, 0.15) is 27.0 Å². The van der Waals surface area contributed by atoms with Gasteiger partial charge in [-0.25, -0.2) is 0 Å². The number of nitrogens with one attached hydrogen (secondary N) is 2. The van der Waals surface area contributed by atoms with Crippen LogP contribution in [0.5, 0.6) is 5.75 Å². The molecule has 0 bridgehead atoms. The number of carbonyl (C=O) groups is 2. The van der Waals surface area contributed by atoms with Crippen molar-refractivity contribution in [2.45, 2.75) is 20.4 Å². The Balaban J connectivity index is 1.53. The van der Waals surface area contributed by atoms with Crippen molar-refractivity contribution in [2.24, 2.45) is 0 Å². The maximum absolute atomic E-state index is 12.2. The summed E-state index contributed by atoms with van der Waals surface area (Å²) in [5, 5.41) is 7.65. The SMILES string of the molecule is COc1ccc2cc(CNC(=O)CNC(=O)c3ccc(C)c(C)c3)ccc2c1. The quantitative estimate of drug-likeness (QED) is 0.692. The number of methoxy groups -OCH3 is 1. The molecule has 0 spiro atoms. The van der Waals surface area contributed by atoms with E-state index in [9.17, 15) is 9.59 Å². The van der Waals surface area contributed by atoms with Crippen molar-refractivity contribution < 1.29 is 14.3 Å². The topological polar surface area (TPSA) is 67.4 Å². The average molecular weight is 376 g/mol. The lowest BCUT2D eigenvalue weighted by molar-refractivity contribution is -0.120. The number of rotatable bonds is 6. The number of carbonyl (C=O) groups excluding carboxylic acids is 2. The molecule has 0 unspecified atom stereocenters. The van der Waals surface area contributed by atoms with E-state index in [0.717, 1.165) is 33.2 Å². The van der Waals surface area contributed by atoms with Gasteiger partial charge in [0, 0.05) is 12.1 Å². The number of amides is 2. The van der Waals surface area contributed by atoms with E-state index in [1.807, 2.05) is 62.4 Å². The summed E-state index contributed by atoms with van der Waals surface area (Å²) >= 11 is 0. The lowest BCUT2D eigenvalue weighted by Crippen LogP contribution is -2.36. The fourth-order valence-electron chi connectivity index (χ4n) is 2.92. The molecule has 144 valence electrons. The summed E-state index contributed by atoms with van der Waals surface area (Å²) in [5.41, 5.74) is 3.72. The molecule has 0 aliphatic carbocycles. The van der Waals surface area contributed by atoms with Crippen LogP contribution in [0.15, 0.2) is 54.6 Å². The maximum Gasteiger partial charge on any atom is 0.251 e. The minimum absolute atomic E-state index is 0.0590. The summed E-state index contributed by atoms with van der Waals surface area (Å²) in [4.78, 5) is 24.3. The van der Waals surface area contributed by atoms with E-state index in [4.69, 9.17) is 4.74 Å². The van der Waals surface area contributed by atoms with Crippen molar-refractivity contribution in [2.75, 3.05) is 13.7 Å². The van der Waals surface area contributed by atoms with Gasteiger partial charge in [-0.15, -0.1) is 0 Å². The Morgan fingerprint density at radius 2 is 1.61 bits per heavy atom. The van der Waals surface area contributed by atoms with Crippen LogP contribution in [0, 0.1) is 13.8 Å². The Morgan fingerprint density at radius 1 is 0.857 bits per heavy atom. The number of benzene rings is 3. The zero-order chi connectivity index (χ0) is 20.1. The number of hydrogen-bond donors (Lipinski definition) is 2. The van der Waals surface area contributed by atoms with Gasteiger partial charge >= 0.3 is 0 Å². The van der Waals surface area contributed by atoms with Gasteiger partial charge in [0.15, 0.2) is 0 Å². The molecular weight excluding hydrogens is 352 g/mol. The molecule has 3 rings (SSSR count). The number of aryl methyl sites for hydroxylation is 2. The third-order valence-electron chi connectivity index (χ3n) is 4.78. The van der Waals surface area contributed by atoms with Crippen LogP contribution < -0.4 is 15.4 Å². The van der Waals surface area contributed by atoms with Crippen LogP contribution in [0.3, 0.4) is 0 Å². The second-order valence-corrected chi connectivity index (χ2v) is 6.81. The zero-order valence-corrected chi connectivity index (χ0v) is 16.3. The van der Waals surface area contributed by atoms with Gasteiger partial charge in [0.1, 0.15) is 5.75 Å². The van der Waals surface area contributed by atoms with Gasteiger partial charge in [0.05, 0.1) is 13.7 Å². The molecule has 0 aliphatic heterocycles. The van der Waals surface area contributed by atoms with Crippen LogP contribution in [-0.4, -0.2) is 25.5 Å². The van der Waals surface area contributed by atoms with E-state index >= 15 is 0 Å². The summed E-state index contributed by atoms with van der Waals surface area (Å²) in [7, 11) is 1.64. The summed E-state index contributed by atoms with van der Waals surface area (Å²) in [6.45, 7) is 4.29. The molecule has 2 N–H and O–H groups in total. The third-order valence-corrected chi connectivity index (χ3v) is 4.78. The molecule has 0 atom stereocenters. The van der Waals surface area contributed by atoms with E-state index < -0.39 is 0 Å². The fraction of sp³-hybridized carbons (Fsp3) is 0.217. The van der Waals surface area contributed by atoms with Crippen molar-refractivity contribution in [3.8, 4) is 5.75 Å². The average Bonchev–Trinajstić information content (AvgIpc) is 2.71. The smallest absolute Gasteiger partial charge is 0.251 e. The number of ether oxygens (including phenoxy) is 1. The largest absolute Gasteiger partial charge is 0.497 e. The zero-order valence-electron chi connectivity index (χ0n) is 16.3. The lowest BCUT2D eigenvalue weighted by atomic mass is 10.1. The minimum atomic E-state index is -0.252. The van der Waals surface area contributed by atoms with Crippen molar-refractivity contribution >= 4 is 22.6 Å². The first kappa shape index (κ1) is 19.4. The van der Waals surface area contributed by atoms with E-state index in [1.165, 1.54) is 0 Å². The number of hydrogen-bond acceptors (Lipinski definition) is 3. The second kappa shape index (κ2) is 8.57. The molecule has 0 aliphatic rings. The number of fused-ring (bicyclic) bond motifs is 1. The first-order valence-corrected chi connectivity index (χ1v) is 9.15. The maximum atomic E-state index is 12.2. The summed E-state index contributed by atoms with van der Waals surface area (Å²) in [5.74, 6) is 0.331. The molecule has 0 fully saturated rings. The summed E-state index contributed by atoms with van der Waals surface area (Å²) < 4.78 is 5.23. The highest BCUT2D eigenvalue weighted by molar-refractivity contribution is 5.96. The Labute approximate surface area is 164 Å². The lowest BCUT2D eigenvalue weighted by Gasteiger charge is -2.09.